The van der Waals surface area contributed by atoms with Crippen LogP contribution < -0.4 is 4.74 Å². The van der Waals surface area contributed by atoms with Crippen molar-refractivity contribution in [2.75, 3.05) is 7.11 Å². The highest BCUT2D eigenvalue weighted by Crippen LogP contribution is 2.58. The number of rotatable bonds is 3. The van der Waals surface area contributed by atoms with E-state index in [4.69, 9.17) is 4.74 Å². The van der Waals surface area contributed by atoms with Crippen molar-refractivity contribution in [1.29, 1.82) is 0 Å². The predicted octanol–water partition coefficient (Wildman–Crippen LogP) is 6.59. The van der Waals surface area contributed by atoms with Gasteiger partial charge < -0.3 is 9.47 Å². The zero-order valence-corrected chi connectivity index (χ0v) is 17.7. The fourth-order valence-electron chi connectivity index (χ4n) is 4.98. The van der Waals surface area contributed by atoms with Crippen molar-refractivity contribution >= 4 is 11.7 Å². The molecule has 0 heterocycles. The maximum atomic E-state index is 11.5. The summed E-state index contributed by atoms with van der Waals surface area (Å²) >= 11 is 0. The molecule has 3 aromatic rings. The van der Waals surface area contributed by atoms with Gasteiger partial charge in [0.1, 0.15) is 5.75 Å². The van der Waals surface area contributed by atoms with Crippen molar-refractivity contribution in [3.63, 3.8) is 0 Å². The lowest BCUT2D eigenvalue weighted by molar-refractivity contribution is 0.121. The number of carbonyl (C=O) groups is 1. The number of aryl methyl sites for hydroxylation is 1. The average Bonchev–Trinajstić information content (AvgIpc) is 3.11. The summed E-state index contributed by atoms with van der Waals surface area (Å²) in [7, 11) is 1.31. The fourth-order valence-corrected chi connectivity index (χ4v) is 4.98. The van der Waals surface area contributed by atoms with E-state index in [0.29, 0.717) is 5.75 Å². The van der Waals surface area contributed by atoms with Crippen LogP contribution in [0.15, 0.2) is 90.5 Å². The van der Waals surface area contributed by atoms with Crippen molar-refractivity contribution in [2.45, 2.75) is 25.2 Å². The van der Waals surface area contributed by atoms with Gasteiger partial charge in [-0.05, 0) is 65.3 Å². The first-order valence-corrected chi connectivity index (χ1v) is 10.6. The smallest absolute Gasteiger partial charge is 0.437 e. The zero-order chi connectivity index (χ0) is 21.4. The molecule has 2 aliphatic rings. The lowest BCUT2D eigenvalue weighted by atomic mass is 9.66. The summed E-state index contributed by atoms with van der Waals surface area (Å²) in [5.74, 6) is 0.467. The summed E-state index contributed by atoms with van der Waals surface area (Å²) in [6.45, 7) is 2.11. The van der Waals surface area contributed by atoms with Crippen molar-refractivity contribution in [2.24, 2.45) is 0 Å². The van der Waals surface area contributed by atoms with Crippen LogP contribution in [0.1, 0.15) is 40.7 Å². The quantitative estimate of drug-likeness (QED) is 0.362. The Hall–Kier alpha value is -3.59. The number of ether oxygens (including phenoxy) is 2. The number of methoxy groups -OCH3 is 1. The Kier molecular flexibility index (Phi) is 4.74. The summed E-state index contributed by atoms with van der Waals surface area (Å²) in [5, 5.41) is 0. The van der Waals surface area contributed by atoms with Crippen molar-refractivity contribution < 1.29 is 14.3 Å². The van der Waals surface area contributed by atoms with Gasteiger partial charge in [-0.2, -0.15) is 0 Å². The summed E-state index contributed by atoms with van der Waals surface area (Å²) in [5.41, 5.74) is 8.48. The minimum absolute atomic E-state index is 0.402. The Labute approximate surface area is 182 Å². The molecule has 0 aliphatic heterocycles. The molecule has 0 saturated carbocycles. The number of hydrogen-bond acceptors (Lipinski definition) is 3. The molecule has 0 bridgehead atoms. The first-order chi connectivity index (χ1) is 15.1. The molecule has 0 N–H and O–H groups in total. The molecule has 3 aromatic carbocycles. The van der Waals surface area contributed by atoms with Gasteiger partial charge in [-0.15, -0.1) is 0 Å². The van der Waals surface area contributed by atoms with E-state index in [1.54, 1.807) is 0 Å². The molecule has 1 unspecified atom stereocenters. The maximum absolute atomic E-state index is 11.5. The summed E-state index contributed by atoms with van der Waals surface area (Å²) < 4.78 is 9.85. The molecule has 0 spiro atoms. The third-order valence-electron chi connectivity index (χ3n) is 6.32. The Morgan fingerprint density at radius 2 is 1.48 bits per heavy atom. The number of allylic oxidation sites excluding steroid dienone is 4. The molecule has 154 valence electrons. The van der Waals surface area contributed by atoms with E-state index in [1.165, 1.54) is 40.5 Å². The van der Waals surface area contributed by atoms with E-state index >= 15 is 0 Å². The molecule has 0 saturated heterocycles. The van der Waals surface area contributed by atoms with Gasteiger partial charge in [0.2, 0.25) is 0 Å². The summed E-state index contributed by atoms with van der Waals surface area (Å²) in [6, 6.07) is 25.4. The molecule has 0 aromatic heterocycles. The van der Waals surface area contributed by atoms with E-state index < -0.39 is 11.6 Å². The van der Waals surface area contributed by atoms with Crippen LogP contribution in [0, 0.1) is 6.92 Å². The van der Waals surface area contributed by atoms with Gasteiger partial charge in [-0.25, -0.2) is 4.79 Å². The first kappa shape index (κ1) is 19.4. The van der Waals surface area contributed by atoms with Crippen LogP contribution in [0.2, 0.25) is 0 Å². The number of hydrogen-bond donors (Lipinski definition) is 0. The third-order valence-corrected chi connectivity index (χ3v) is 6.32. The maximum Gasteiger partial charge on any atom is 0.513 e. The average molecular weight is 408 g/mol. The lowest BCUT2D eigenvalue weighted by Crippen LogP contribution is -2.29. The molecule has 0 radical (unpaired) electrons. The highest BCUT2D eigenvalue weighted by molar-refractivity contribution is 5.94. The van der Waals surface area contributed by atoms with Gasteiger partial charge in [0.05, 0.1) is 12.5 Å². The third kappa shape index (κ3) is 3.00. The van der Waals surface area contributed by atoms with Crippen LogP contribution in [0.3, 0.4) is 0 Å². The van der Waals surface area contributed by atoms with Crippen LogP contribution in [0.5, 0.6) is 5.75 Å². The predicted molar refractivity (Wildman–Crippen MR) is 122 cm³/mol. The van der Waals surface area contributed by atoms with Crippen LogP contribution in [-0.2, 0) is 10.2 Å². The summed E-state index contributed by atoms with van der Waals surface area (Å²) in [4.78, 5) is 11.5. The fraction of sp³-hybridized carbons (Fsp3) is 0.179. The zero-order valence-electron chi connectivity index (χ0n) is 17.7. The largest absolute Gasteiger partial charge is 0.513 e. The van der Waals surface area contributed by atoms with Gasteiger partial charge >= 0.3 is 6.16 Å². The molecule has 2 aliphatic carbocycles. The van der Waals surface area contributed by atoms with Crippen LogP contribution >= 0.6 is 0 Å². The van der Waals surface area contributed by atoms with Gasteiger partial charge in [0.25, 0.3) is 0 Å². The van der Waals surface area contributed by atoms with Gasteiger partial charge in [-0.1, -0.05) is 78.4 Å². The van der Waals surface area contributed by atoms with E-state index in [2.05, 4.69) is 84.5 Å². The minimum Gasteiger partial charge on any atom is -0.437 e. The molecule has 0 amide bonds. The molecule has 1 atom stereocenters. The van der Waals surface area contributed by atoms with E-state index in [0.717, 1.165) is 18.4 Å². The number of carbonyl (C=O) groups excluding carboxylic acids is 1. The van der Waals surface area contributed by atoms with Gasteiger partial charge in [-0.3, -0.25) is 0 Å². The SMILES string of the molecule is COC(=O)Oc1ccc(C2(c3ccc(C)cc3)C3=CCCC=C3c3ccccc32)cc1. The number of benzene rings is 3. The topological polar surface area (TPSA) is 35.5 Å². The Balaban J connectivity index is 1.76. The van der Waals surface area contributed by atoms with E-state index in [1.807, 2.05) is 12.1 Å². The molecular formula is C28H24O3. The second kappa shape index (κ2) is 7.59. The Morgan fingerprint density at radius 3 is 2.19 bits per heavy atom. The highest BCUT2D eigenvalue weighted by atomic mass is 16.7. The normalized spacial score (nSPS) is 19.0. The molecule has 31 heavy (non-hydrogen) atoms. The van der Waals surface area contributed by atoms with Crippen LogP contribution in [0.4, 0.5) is 4.79 Å². The van der Waals surface area contributed by atoms with Gasteiger partial charge in [0.15, 0.2) is 0 Å². The van der Waals surface area contributed by atoms with Crippen LogP contribution in [-0.4, -0.2) is 13.3 Å². The van der Waals surface area contributed by atoms with Crippen molar-refractivity contribution in [1.82, 2.24) is 0 Å². The Bertz CT molecular complexity index is 1200. The summed E-state index contributed by atoms with van der Waals surface area (Å²) in [6.07, 6.45) is 6.15. The van der Waals surface area contributed by atoms with Crippen molar-refractivity contribution in [3.8, 4) is 5.75 Å². The number of fused-ring (bicyclic) bond motifs is 3. The molecule has 3 nitrogen and oxygen atoms in total. The van der Waals surface area contributed by atoms with E-state index in [-0.39, 0.29) is 0 Å². The van der Waals surface area contributed by atoms with Gasteiger partial charge in [0, 0.05) is 0 Å². The highest BCUT2D eigenvalue weighted by Gasteiger charge is 2.48. The lowest BCUT2D eigenvalue weighted by Gasteiger charge is -2.35. The van der Waals surface area contributed by atoms with Crippen LogP contribution in [0.25, 0.3) is 5.57 Å². The molecule has 3 heteroatoms. The molecule has 5 rings (SSSR count). The molecule has 0 fully saturated rings. The first-order valence-electron chi connectivity index (χ1n) is 10.6. The monoisotopic (exact) mass is 408 g/mol. The second-order valence-electron chi connectivity index (χ2n) is 8.06. The minimum atomic E-state index is -0.715. The molecular weight excluding hydrogens is 384 g/mol. The Morgan fingerprint density at radius 1 is 0.839 bits per heavy atom. The van der Waals surface area contributed by atoms with Crippen molar-refractivity contribution in [3.05, 3.63) is 118 Å². The second-order valence-corrected chi connectivity index (χ2v) is 8.06. The van der Waals surface area contributed by atoms with E-state index in [9.17, 15) is 4.79 Å². The standard InChI is InChI=1S/C28H24O3/c1-19-11-13-20(14-12-19)28(21-15-17-22(18-16-21)31-27(29)30-2)25-9-5-3-7-23(25)24-8-4-6-10-26(24)28/h3,5,7-18H,4,6H2,1-2H3.